The largest absolute Gasteiger partial charge is 0.418 e. The number of nitro groups is 1. The number of nitro benzene ring substituents is 1. The molecule has 0 aliphatic carbocycles. The van der Waals surface area contributed by atoms with Crippen LogP contribution in [0.25, 0.3) is 0 Å². The van der Waals surface area contributed by atoms with E-state index in [0.29, 0.717) is 25.6 Å². The lowest BCUT2D eigenvalue weighted by Gasteiger charge is -2.23. The van der Waals surface area contributed by atoms with Crippen LogP contribution in [0.1, 0.15) is 12.0 Å². The zero-order valence-electron chi connectivity index (χ0n) is 11.1. The number of methoxy groups -OCH3 is 1. The van der Waals surface area contributed by atoms with Crippen molar-refractivity contribution in [3.8, 4) is 0 Å². The van der Waals surface area contributed by atoms with Crippen molar-refractivity contribution in [1.82, 2.24) is 0 Å². The number of nitrogens with zero attached hydrogens (tertiary/aromatic N) is 2. The molecule has 1 aromatic carbocycles. The lowest BCUT2D eigenvalue weighted by atomic mass is 10.1. The number of rotatable bonds is 6. The lowest BCUT2D eigenvalue weighted by Crippen LogP contribution is -2.23. The molecule has 0 spiro atoms. The van der Waals surface area contributed by atoms with Crippen LogP contribution in [0.5, 0.6) is 0 Å². The molecule has 0 heterocycles. The highest BCUT2D eigenvalue weighted by Crippen LogP contribution is 2.38. The van der Waals surface area contributed by atoms with Gasteiger partial charge < -0.3 is 9.64 Å². The number of alkyl halides is 3. The molecule has 20 heavy (non-hydrogen) atoms. The van der Waals surface area contributed by atoms with Crippen LogP contribution in [0.15, 0.2) is 18.2 Å². The van der Waals surface area contributed by atoms with Crippen molar-refractivity contribution in [2.75, 3.05) is 32.2 Å². The Morgan fingerprint density at radius 2 is 2.05 bits per heavy atom. The van der Waals surface area contributed by atoms with Gasteiger partial charge in [-0.05, 0) is 12.5 Å². The number of hydrogen-bond donors (Lipinski definition) is 0. The Balaban J connectivity index is 3.08. The second kappa shape index (κ2) is 6.56. The fourth-order valence-corrected chi connectivity index (χ4v) is 1.76. The SMILES string of the molecule is COCCCN(C)c1ccc([N+](=O)[O-])cc1C(F)(F)F. The minimum atomic E-state index is -4.64. The van der Waals surface area contributed by atoms with Crippen molar-refractivity contribution in [3.05, 3.63) is 33.9 Å². The summed E-state index contributed by atoms with van der Waals surface area (Å²) >= 11 is 0. The molecule has 1 aromatic rings. The third-order valence-electron chi connectivity index (χ3n) is 2.75. The summed E-state index contributed by atoms with van der Waals surface area (Å²) in [7, 11) is 3.01. The van der Waals surface area contributed by atoms with Gasteiger partial charge in [-0.1, -0.05) is 0 Å². The first-order valence-corrected chi connectivity index (χ1v) is 5.83. The fourth-order valence-electron chi connectivity index (χ4n) is 1.76. The number of anilines is 1. The van der Waals surface area contributed by atoms with E-state index in [1.54, 1.807) is 0 Å². The fraction of sp³-hybridized carbons (Fsp3) is 0.500. The van der Waals surface area contributed by atoms with Crippen LogP contribution in [0, 0.1) is 10.1 Å². The van der Waals surface area contributed by atoms with Crippen LogP contribution in [-0.2, 0) is 10.9 Å². The van der Waals surface area contributed by atoms with Crippen LogP contribution in [0.4, 0.5) is 24.5 Å². The van der Waals surface area contributed by atoms with Crippen LogP contribution in [0.3, 0.4) is 0 Å². The molecule has 1 rings (SSSR count). The number of hydrogen-bond acceptors (Lipinski definition) is 4. The van der Waals surface area contributed by atoms with E-state index in [0.717, 1.165) is 12.1 Å². The second-order valence-corrected chi connectivity index (χ2v) is 4.22. The zero-order chi connectivity index (χ0) is 15.3. The summed E-state index contributed by atoms with van der Waals surface area (Å²) in [5, 5.41) is 10.6. The van der Waals surface area contributed by atoms with E-state index in [1.165, 1.54) is 19.1 Å². The van der Waals surface area contributed by atoms with Crippen LogP contribution < -0.4 is 4.90 Å². The predicted molar refractivity (Wildman–Crippen MR) is 67.9 cm³/mol. The van der Waals surface area contributed by atoms with E-state index in [9.17, 15) is 23.3 Å². The van der Waals surface area contributed by atoms with Gasteiger partial charge in [-0.25, -0.2) is 0 Å². The highest BCUT2D eigenvalue weighted by molar-refractivity contribution is 5.58. The van der Waals surface area contributed by atoms with E-state index >= 15 is 0 Å². The molecule has 0 amide bonds. The summed E-state index contributed by atoms with van der Waals surface area (Å²) in [5.41, 5.74) is -1.67. The highest BCUT2D eigenvalue weighted by Gasteiger charge is 2.36. The molecule has 0 unspecified atom stereocenters. The minimum Gasteiger partial charge on any atom is -0.385 e. The number of ether oxygens (including phenoxy) is 1. The van der Waals surface area contributed by atoms with Gasteiger partial charge in [-0.15, -0.1) is 0 Å². The van der Waals surface area contributed by atoms with Crippen molar-refractivity contribution in [3.63, 3.8) is 0 Å². The first-order valence-electron chi connectivity index (χ1n) is 5.83. The summed E-state index contributed by atoms with van der Waals surface area (Å²) in [5.74, 6) is 0. The van der Waals surface area contributed by atoms with Crippen molar-refractivity contribution in [1.29, 1.82) is 0 Å². The Morgan fingerprint density at radius 1 is 1.40 bits per heavy atom. The number of non-ortho nitro benzene ring substituents is 1. The average molecular weight is 292 g/mol. The third-order valence-corrected chi connectivity index (χ3v) is 2.75. The summed E-state index contributed by atoms with van der Waals surface area (Å²) in [6.07, 6.45) is -4.09. The molecule has 0 aliphatic heterocycles. The molecule has 0 fully saturated rings. The van der Waals surface area contributed by atoms with Gasteiger partial charge in [0.1, 0.15) is 0 Å². The van der Waals surface area contributed by atoms with Gasteiger partial charge in [0.2, 0.25) is 0 Å². The topological polar surface area (TPSA) is 55.6 Å². The summed E-state index contributed by atoms with van der Waals surface area (Å²) in [4.78, 5) is 11.1. The molecular weight excluding hydrogens is 277 g/mol. The Labute approximate surface area is 114 Å². The van der Waals surface area contributed by atoms with E-state index in [-0.39, 0.29) is 5.69 Å². The predicted octanol–water partition coefficient (Wildman–Crippen LogP) is 3.09. The van der Waals surface area contributed by atoms with Gasteiger partial charge in [0.15, 0.2) is 0 Å². The maximum atomic E-state index is 13.0. The smallest absolute Gasteiger partial charge is 0.385 e. The van der Waals surface area contributed by atoms with Crippen molar-refractivity contribution >= 4 is 11.4 Å². The summed E-state index contributed by atoms with van der Waals surface area (Å²) in [6, 6.07) is 2.74. The molecule has 0 bridgehead atoms. The van der Waals surface area contributed by atoms with E-state index in [1.807, 2.05) is 0 Å². The Kier molecular flexibility index (Phi) is 5.32. The molecule has 112 valence electrons. The summed E-state index contributed by atoms with van der Waals surface area (Å²) < 4.78 is 43.7. The van der Waals surface area contributed by atoms with Gasteiger partial charge in [0, 0.05) is 45.1 Å². The minimum absolute atomic E-state index is 0.0841. The first kappa shape index (κ1) is 16.2. The third kappa shape index (κ3) is 4.09. The second-order valence-electron chi connectivity index (χ2n) is 4.22. The van der Waals surface area contributed by atoms with Crippen LogP contribution >= 0.6 is 0 Å². The average Bonchev–Trinajstić information content (AvgIpc) is 2.37. The standard InChI is InChI=1S/C12H15F3N2O3/c1-16(6-3-7-20-2)11-5-4-9(17(18)19)8-10(11)12(13,14)15/h4-5,8H,3,6-7H2,1-2H3. The molecule has 5 nitrogen and oxygen atoms in total. The molecule has 0 N–H and O–H groups in total. The van der Waals surface area contributed by atoms with Crippen LogP contribution in [-0.4, -0.2) is 32.2 Å². The molecule has 0 aliphatic rings. The van der Waals surface area contributed by atoms with Crippen molar-refractivity contribution < 1.29 is 22.8 Å². The van der Waals surface area contributed by atoms with Crippen molar-refractivity contribution in [2.45, 2.75) is 12.6 Å². The molecule has 8 heteroatoms. The molecule has 0 aromatic heterocycles. The van der Waals surface area contributed by atoms with Crippen molar-refractivity contribution in [2.24, 2.45) is 0 Å². The van der Waals surface area contributed by atoms with Gasteiger partial charge in [0.05, 0.1) is 10.5 Å². The van der Waals surface area contributed by atoms with Gasteiger partial charge >= 0.3 is 6.18 Å². The van der Waals surface area contributed by atoms with Gasteiger partial charge in [-0.2, -0.15) is 13.2 Å². The molecular formula is C12H15F3N2O3. The van der Waals surface area contributed by atoms with Crippen LogP contribution in [0.2, 0.25) is 0 Å². The van der Waals surface area contributed by atoms with Gasteiger partial charge in [0.25, 0.3) is 5.69 Å². The Bertz CT molecular complexity index is 478. The molecule has 0 atom stereocenters. The molecule has 0 saturated carbocycles. The first-order chi connectivity index (χ1) is 9.27. The Morgan fingerprint density at radius 3 is 2.55 bits per heavy atom. The summed E-state index contributed by atoms with van der Waals surface area (Å²) in [6.45, 7) is 0.785. The Hall–Kier alpha value is -1.83. The highest BCUT2D eigenvalue weighted by atomic mass is 19.4. The lowest BCUT2D eigenvalue weighted by molar-refractivity contribution is -0.385. The number of halogens is 3. The van der Waals surface area contributed by atoms with E-state index in [2.05, 4.69) is 0 Å². The van der Waals surface area contributed by atoms with E-state index in [4.69, 9.17) is 4.74 Å². The van der Waals surface area contributed by atoms with E-state index < -0.39 is 22.4 Å². The maximum absolute atomic E-state index is 13.0. The number of benzene rings is 1. The molecule has 0 saturated heterocycles. The quantitative estimate of drug-likeness (QED) is 0.459. The maximum Gasteiger partial charge on any atom is 0.418 e. The molecule has 0 radical (unpaired) electrons. The zero-order valence-corrected chi connectivity index (χ0v) is 11.1. The normalized spacial score (nSPS) is 11.4. The monoisotopic (exact) mass is 292 g/mol. The van der Waals surface area contributed by atoms with Gasteiger partial charge in [-0.3, -0.25) is 10.1 Å².